The number of nitrogens with zero attached hydrogens (tertiary/aromatic N) is 2. The van der Waals surface area contributed by atoms with E-state index in [4.69, 9.17) is 28.3 Å². The number of anilines is 1. The van der Waals surface area contributed by atoms with Crippen LogP contribution in [0.5, 0.6) is 5.75 Å². The van der Waals surface area contributed by atoms with Crippen LogP contribution in [-0.4, -0.2) is 21.0 Å². The van der Waals surface area contributed by atoms with Crippen LogP contribution in [0.25, 0.3) is 0 Å². The number of nitrogens with one attached hydrogen (secondary N) is 1. The number of aromatic hydroxyl groups is 1. The minimum atomic E-state index is -0.267. The van der Waals surface area contributed by atoms with Gasteiger partial charge in [-0.15, -0.1) is 0 Å². The van der Waals surface area contributed by atoms with E-state index in [0.29, 0.717) is 0 Å². The van der Waals surface area contributed by atoms with Crippen LogP contribution in [0.2, 0.25) is 10.4 Å². The van der Waals surface area contributed by atoms with Crippen LogP contribution >= 0.6 is 23.2 Å². The Morgan fingerprint density at radius 2 is 1.89 bits per heavy atom. The molecule has 0 aliphatic carbocycles. The second-order valence-corrected chi connectivity index (χ2v) is 4.46. The average molecular weight is 298 g/mol. The van der Waals surface area contributed by atoms with Crippen molar-refractivity contribution >= 4 is 34.9 Å². The third-order valence-corrected chi connectivity index (χ3v) is 2.60. The molecule has 1 aromatic heterocycles. The van der Waals surface area contributed by atoms with Crippen LogP contribution in [0.4, 0.5) is 5.82 Å². The lowest BCUT2D eigenvalue weighted by atomic mass is 10.1. The number of carbonyl (C=O) groups is 1. The molecule has 2 rings (SSSR count). The molecular weight excluding hydrogens is 289 g/mol. The summed E-state index contributed by atoms with van der Waals surface area (Å²) in [6.45, 7) is 0. The molecule has 19 heavy (non-hydrogen) atoms. The molecule has 0 unspecified atom stereocenters. The maximum Gasteiger partial charge on any atom is 0.229 e. The Labute approximate surface area is 119 Å². The van der Waals surface area contributed by atoms with E-state index in [9.17, 15) is 4.79 Å². The molecule has 0 bridgehead atoms. The molecule has 0 aliphatic rings. The number of phenols is 1. The highest BCUT2D eigenvalue weighted by Crippen LogP contribution is 2.15. The molecule has 98 valence electrons. The zero-order valence-corrected chi connectivity index (χ0v) is 11.1. The van der Waals surface area contributed by atoms with Crippen LogP contribution in [-0.2, 0) is 11.2 Å². The predicted molar refractivity (Wildman–Crippen MR) is 72.5 cm³/mol. The highest BCUT2D eigenvalue weighted by Gasteiger charge is 2.07. The second kappa shape index (κ2) is 5.86. The molecule has 0 spiro atoms. The second-order valence-electron chi connectivity index (χ2n) is 3.74. The Balaban J connectivity index is 2.03. The third-order valence-electron chi connectivity index (χ3n) is 2.24. The monoisotopic (exact) mass is 297 g/mol. The number of hydrogen-bond acceptors (Lipinski definition) is 4. The van der Waals surface area contributed by atoms with Gasteiger partial charge in [0.25, 0.3) is 0 Å². The van der Waals surface area contributed by atoms with Gasteiger partial charge in [-0.3, -0.25) is 4.79 Å². The van der Waals surface area contributed by atoms with Crippen molar-refractivity contribution < 1.29 is 9.90 Å². The molecule has 0 saturated carbocycles. The standard InChI is InChI=1S/C12H9Cl2N3O2/c13-9-6-10(17-12(14)15-9)16-11(19)5-7-1-3-8(18)4-2-7/h1-4,6,18H,5H2,(H,15,16,17,19). The van der Waals surface area contributed by atoms with Gasteiger partial charge in [0.05, 0.1) is 6.42 Å². The predicted octanol–water partition coefficient (Wildman–Crippen LogP) is 2.67. The lowest BCUT2D eigenvalue weighted by Crippen LogP contribution is -2.15. The highest BCUT2D eigenvalue weighted by molar-refractivity contribution is 6.32. The summed E-state index contributed by atoms with van der Waals surface area (Å²) < 4.78 is 0. The van der Waals surface area contributed by atoms with Gasteiger partial charge in [0.2, 0.25) is 11.2 Å². The number of benzene rings is 1. The summed E-state index contributed by atoms with van der Waals surface area (Å²) in [5.74, 6) is 0.129. The molecular formula is C12H9Cl2N3O2. The number of amides is 1. The van der Waals surface area contributed by atoms with E-state index in [1.807, 2.05) is 0 Å². The van der Waals surface area contributed by atoms with Crippen molar-refractivity contribution in [1.29, 1.82) is 0 Å². The molecule has 0 radical (unpaired) electrons. The summed E-state index contributed by atoms with van der Waals surface area (Å²) >= 11 is 11.3. The van der Waals surface area contributed by atoms with Gasteiger partial charge in [-0.1, -0.05) is 23.7 Å². The van der Waals surface area contributed by atoms with Crippen LogP contribution in [0.15, 0.2) is 30.3 Å². The largest absolute Gasteiger partial charge is 0.508 e. The summed E-state index contributed by atoms with van der Waals surface area (Å²) in [5.41, 5.74) is 0.765. The van der Waals surface area contributed by atoms with E-state index in [1.54, 1.807) is 12.1 Å². The molecule has 1 heterocycles. The molecule has 7 heteroatoms. The maximum absolute atomic E-state index is 11.8. The fraction of sp³-hybridized carbons (Fsp3) is 0.0833. The van der Waals surface area contributed by atoms with Crippen molar-refractivity contribution in [2.24, 2.45) is 0 Å². The minimum absolute atomic E-state index is 0.0348. The van der Waals surface area contributed by atoms with E-state index in [1.165, 1.54) is 18.2 Å². The fourth-order valence-corrected chi connectivity index (χ4v) is 1.85. The maximum atomic E-state index is 11.8. The van der Waals surface area contributed by atoms with Gasteiger partial charge in [0.15, 0.2) is 0 Å². The lowest BCUT2D eigenvalue weighted by molar-refractivity contribution is -0.115. The molecule has 0 fully saturated rings. The van der Waals surface area contributed by atoms with Crippen LogP contribution in [0, 0.1) is 0 Å². The number of carbonyl (C=O) groups excluding carboxylic acids is 1. The Morgan fingerprint density at radius 3 is 2.53 bits per heavy atom. The van der Waals surface area contributed by atoms with Crippen LogP contribution in [0.3, 0.4) is 0 Å². The van der Waals surface area contributed by atoms with E-state index in [-0.39, 0.29) is 34.3 Å². The molecule has 0 aliphatic heterocycles. The summed E-state index contributed by atoms with van der Waals surface area (Å²) in [5, 5.41) is 11.8. The smallest absolute Gasteiger partial charge is 0.229 e. The van der Waals surface area contributed by atoms with Gasteiger partial charge in [-0.25, -0.2) is 9.97 Å². The highest BCUT2D eigenvalue weighted by atomic mass is 35.5. The topological polar surface area (TPSA) is 75.1 Å². The minimum Gasteiger partial charge on any atom is -0.508 e. The first kappa shape index (κ1) is 13.6. The zero-order valence-electron chi connectivity index (χ0n) is 9.60. The number of halogens is 2. The summed E-state index contributed by atoms with van der Waals surface area (Å²) in [6, 6.07) is 7.76. The van der Waals surface area contributed by atoms with Crippen molar-refractivity contribution in [3.8, 4) is 5.75 Å². The first-order valence-electron chi connectivity index (χ1n) is 5.31. The van der Waals surface area contributed by atoms with Crippen molar-refractivity contribution in [1.82, 2.24) is 9.97 Å². The Hall–Kier alpha value is -1.85. The van der Waals surface area contributed by atoms with Crippen molar-refractivity contribution in [3.63, 3.8) is 0 Å². The average Bonchev–Trinajstić information content (AvgIpc) is 2.30. The van der Waals surface area contributed by atoms with Gasteiger partial charge >= 0.3 is 0 Å². The fourth-order valence-electron chi connectivity index (χ4n) is 1.44. The molecule has 2 N–H and O–H groups in total. The van der Waals surface area contributed by atoms with E-state index < -0.39 is 0 Å². The quantitative estimate of drug-likeness (QED) is 0.675. The van der Waals surface area contributed by atoms with E-state index in [0.717, 1.165) is 5.56 Å². The van der Waals surface area contributed by atoms with Crippen LogP contribution in [0.1, 0.15) is 5.56 Å². The Bertz CT molecular complexity index is 582. The number of phenolic OH excluding ortho intramolecular Hbond substituents is 1. The normalized spacial score (nSPS) is 10.2. The Kier molecular flexibility index (Phi) is 4.19. The zero-order chi connectivity index (χ0) is 13.8. The first-order chi connectivity index (χ1) is 9.02. The molecule has 0 atom stereocenters. The number of rotatable bonds is 3. The van der Waals surface area contributed by atoms with Crippen molar-refractivity contribution in [2.75, 3.05) is 5.32 Å². The van der Waals surface area contributed by atoms with Crippen molar-refractivity contribution in [3.05, 3.63) is 46.3 Å². The molecule has 1 amide bonds. The summed E-state index contributed by atoms with van der Waals surface area (Å²) in [4.78, 5) is 19.3. The van der Waals surface area contributed by atoms with E-state index in [2.05, 4.69) is 15.3 Å². The number of hydrogen-bond donors (Lipinski definition) is 2. The SMILES string of the molecule is O=C(Cc1ccc(O)cc1)Nc1cc(Cl)nc(Cl)n1. The van der Waals surface area contributed by atoms with Gasteiger partial charge < -0.3 is 10.4 Å². The van der Waals surface area contributed by atoms with Crippen LogP contribution < -0.4 is 5.32 Å². The lowest BCUT2D eigenvalue weighted by Gasteiger charge is -2.05. The molecule has 2 aromatic rings. The Morgan fingerprint density at radius 1 is 1.21 bits per heavy atom. The van der Waals surface area contributed by atoms with E-state index >= 15 is 0 Å². The number of aromatic nitrogens is 2. The molecule has 0 saturated heterocycles. The molecule has 1 aromatic carbocycles. The summed E-state index contributed by atoms with van der Waals surface area (Å²) in [6.07, 6.45) is 0.152. The summed E-state index contributed by atoms with van der Waals surface area (Å²) in [7, 11) is 0. The third kappa shape index (κ3) is 4.08. The first-order valence-corrected chi connectivity index (χ1v) is 6.06. The van der Waals surface area contributed by atoms with Gasteiger partial charge in [-0.05, 0) is 29.3 Å². The molecule has 5 nitrogen and oxygen atoms in total. The van der Waals surface area contributed by atoms with Gasteiger partial charge in [0, 0.05) is 6.07 Å². The van der Waals surface area contributed by atoms with Gasteiger partial charge in [-0.2, -0.15) is 0 Å². The van der Waals surface area contributed by atoms with Crippen molar-refractivity contribution in [2.45, 2.75) is 6.42 Å². The van der Waals surface area contributed by atoms with Gasteiger partial charge in [0.1, 0.15) is 16.7 Å².